The Kier molecular flexibility index (Phi) is 3.04. The lowest BCUT2D eigenvalue weighted by molar-refractivity contribution is 0.0758. The molecular weight excluding hydrogens is 180 g/mol. The molecule has 1 aromatic rings. The van der Waals surface area contributed by atoms with E-state index >= 15 is 0 Å². The lowest BCUT2D eigenvalue weighted by Crippen LogP contribution is -2.16. The first kappa shape index (κ1) is 10.6. The van der Waals surface area contributed by atoms with Crippen LogP contribution in [0.25, 0.3) is 0 Å². The molecule has 72 valence electrons. The van der Waals surface area contributed by atoms with Gasteiger partial charge in [-0.3, -0.25) is 0 Å². The molecule has 1 aromatic carbocycles. The zero-order valence-electron chi connectivity index (χ0n) is 8.59. The number of benzene rings is 1. The van der Waals surface area contributed by atoms with Gasteiger partial charge < -0.3 is 5.11 Å². The van der Waals surface area contributed by atoms with Crippen LogP contribution >= 0.6 is 11.8 Å². The largest absolute Gasteiger partial charge is 0.386 e. The van der Waals surface area contributed by atoms with E-state index in [1.807, 2.05) is 32.2 Å². The summed E-state index contributed by atoms with van der Waals surface area (Å²) in [5.41, 5.74) is 1.49. The van der Waals surface area contributed by atoms with Crippen LogP contribution in [0.15, 0.2) is 23.1 Å². The molecule has 0 atom stereocenters. The van der Waals surface area contributed by atoms with Crippen molar-refractivity contribution in [3.05, 3.63) is 29.3 Å². The van der Waals surface area contributed by atoms with Gasteiger partial charge in [0.05, 0.1) is 5.60 Å². The van der Waals surface area contributed by atoms with E-state index in [-0.39, 0.29) is 0 Å². The first-order chi connectivity index (χ1) is 5.95. The van der Waals surface area contributed by atoms with Crippen LogP contribution in [0, 0.1) is 6.92 Å². The van der Waals surface area contributed by atoms with Gasteiger partial charge in [0.15, 0.2) is 0 Å². The van der Waals surface area contributed by atoms with Gasteiger partial charge in [-0.15, -0.1) is 11.8 Å². The summed E-state index contributed by atoms with van der Waals surface area (Å²) in [6, 6.07) is 6.14. The minimum absolute atomic E-state index is 0.744. The van der Waals surface area contributed by atoms with Crippen LogP contribution in [-0.4, -0.2) is 11.4 Å². The minimum atomic E-state index is -0.744. The molecule has 0 bridgehead atoms. The third-order valence-corrected chi connectivity index (χ3v) is 2.79. The third kappa shape index (κ3) is 2.48. The SMILES string of the molecule is CSc1cc(C)ccc1C(C)(C)O. The van der Waals surface area contributed by atoms with E-state index in [0.29, 0.717) is 0 Å². The van der Waals surface area contributed by atoms with Crippen molar-refractivity contribution in [2.75, 3.05) is 6.26 Å². The van der Waals surface area contributed by atoms with Crippen molar-refractivity contribution in [3.63, 3.8) is 0 Å². The van der Waals surface area contributed by atoms with Crippen LogP contribution in [-0.2, 0) is 5.60 Å². The Morgan fingerprint density at radius 3 is 2.38 bits per heavy atom. The monoisotopic (exact) mass is 196 g/mol. The highest BCUT2D eigenvalue weighted by Gasteiger charge is 2.19. The molecule has 0 aliphatic rings. The van der Waals surface area contributed by atoms with Gasteiger partial charge in [0.25, 0.3) is 0 Å². The van der Waals surface area contributed by atoms with Crippen LogP contribution in [0.5, 0.6) is 0 Å². The molecule has 0 spiro atoms. The van der Waals surface area contributed by atoms with Gasteiger partial charge >= 0.3 is 0 Å². The third-order valence-electron chi connectivity index (χ3n) is 2.02. The van der Waals surface area contributed by atoms with Crippen molar-refractivity contribution < 1.29 is 5.11 Å². The fourth-order valence-electron chi connectivity index (χ4n) is 1.30. The van der Waals surface area contributed by atoms with E-state index in [0.717, 1.165) is 10.5 Å². The highest BCUT2D eigenvalue weighted by Crippen LogP contribution is 2.30. The first-order valence-electron chi connectivity index (χ1n) is 4.32. The summed E-state index contributed by atoms with van der Waals surface area (Å²) in [5.74, 6) is 0. The van der Waals surface area contributed by atoms with Gasteiger partial charge in [-0.25, -0.2) is 0 Å². The summed E-state index contributed by atoms with van der Waals surface area (Å²) in [4.78, 5) is 1.16. The summed E-state index contributed by atoms with van der Waals surface area (Å²) in [6.07, 6.45) is 2.03. The Morgan fingerprint density at radius 1 is 1.31 bits per heavy atom. The number of thioether (sulfide) groups is 1. The van der Waals surface area contributed by atoms with E-state index in [2.05, 4.69) is 13.0 Å². The summed E-state index contributed by atoms with van der Waals surface area (Å²) >= 11 is 1.68. The molecule has 0 fully saturated rings. The van der Waals surface area contributed by atoms with Gasteiger partial charge in [0.1, 0.15) is 0 Å². The summed E-state index contributed by atoms with van der Waals surface area (Å²) in [6.45, 7) is 5.70. The lowest BCUT2D eigenvalue weighted by atomic mass is 9.97. The van der Waals surface area contributed by atoms with Crippen molar-refractivity contribution in [2.45, 2.75) is 31.3 Å². The number of rotatable bonds is 2. The topological polar surface area (TPSA) is 20.2 Å². The molecule has 0 unspecified atom stereocenters. The Morgan fingerprint density at radius 2 is 1.92 bits per heavy atom. The quantitative estimate of drug-likeness (QED) is 0.734. The predicted octanol–water partition coefficient (Wildman–Crippen LogP) is 2.94. The zero-order chi connectivity index (χ0) is 10.1. The second-order valence-electron chi connectivity index (χ2n) is 3.76. The molecule has 1 N–H and O–H groups in total. The van der Waals surface area contributed by atoms with Gasteiger partial charge in [-0.05, 0) is 44.2 Å². The fraction of sp³-hybridized carbons (Fsp3) is 0.455. The molecule has 0 saturated carbocycles. The molecule has 0 amide bonds. The number of hydrogen-bond acceptors (Lipinski definition) is 2. The average Bonchev–Trinajstić information content (AvgIpc) is 2.01. The molecule has 0 aliphatic heterocycles. The summed E-state index contributed by atoms with van der Waals surface area (Å²) in [7, 11) is 0. The zero-order valence-corrected chi connectivity index (χ0v) is 9.40. The van der Waals surface area contributed by atoms with Crippen LogP contribution in [0.4, 0.5) is 0 Å². The molecule has 0 aromatic heterocycles. The maximum Gasteiger partial charge on any atom is 0.0851 e. The smallest absolute Gasteiger partial charge is 0.0851 e. The van der Waals surface area contributed by atoms with E-state index in [1.165, 1.54) is 5.56 Å². The molecular formula is C11H16OS. The van der Waals surface area contributed by atoms with Gasteiger partial charge in [-0.1, -0.05) is 12.1 Å². The average molecular weight is 196 g/mol. The summed E-state index contributed by atoms with van der Waals surface area (Å²) < 4.78 is 0. The van der Waals surface area contributed by atoms with Crippen LogP contribution in [0.1, 0.15) is 25.0 Å². The number of hydrogen-bond donors (Lipinski definition) is 1. The molecule has 0 saturated heterocycles. The van der Waals surface area contributed by atoms with Crippen molar-refractivity contribution in [1.82, 2.24) is 0 Å². The maximum absolute atomic E-state index is 9.88. The highest BCUT2D eigenvalue weighted by atomic mass is 32.2. The Hall–Kier alpha value is -0.470. The van der Waals surface area contributed by atoms with Crippen molar-refractivity contribution in [2.24, 2.45) is 0 Å². The number of aliphatic hydroxyl groups is 1. The second kappa shape index (κ2) is 3.72. The second-order valence-corrected chi connectivity index (χ2v) is 4.61. The Labute approximate surface area is 84.2 Å². The molecule has 0 radical (unpaired) electrons. The van der Waals surface area contributed by atoms with Crippen LogP contribution < -0.4 is 0 Å². The van der Waals surface area contributed by atoms with E-state index in [4.69, 9.17) is 0 Å². The van der Waals surface area contributed by atoms with Crippen LogP contribution in [0.2, 0.25) is 0 Å². The van der Waals surface area contributed by atoms with Gasteiger partial charge in [0, 0.05) is 4.90 Å². The molecule has 0 heterocycles. The molecule has 1 nitrogen and oxygen atoms in total. The highest BCUT2D eigenvalue weighted by molar-refractivity contribution is 7.98. The van der Waals surface area contributed by atoms with Gasteiger partial charge in [-0.2, -0.15) is 0 Å². The van der Waals surface area contributed by atoms with Crippen molar-refractivity contribution in [1.29, 1.82) is 0 Å². The van der Waals surface area contributed by atoms with Crippen LogP contribution in [0.3, 0.4) is 0 Å². The van der Waals surface area contributed by atoms with E-state index < -0.39 is 5.60 Å². The Balaban J connectivity index is 3.22. The lowest BCUT2D eigenvalue weighted by Gasteiger charge is -2.21. The fourth-order valence-corrected chi connectivity index (χ4v) is 2.15. The predicted molar refractivity (Wildman–Crippen MR) is 58.2 cm³/mol. The van der Waals surface area contributed by atoms with E-state index in [1.54, 1.807) is 11.8 Å². The first-order valence-corrected chi connectivity index (χ1v) is 5.55. The minimum Gasteiger partial charge on any atom is -0.386 e. The molecule has 2 heteroatoms. The standard InChI is InChI=1S/C11H16OS/c1-8-5-6-9(11(2,3)12)10(7-8)13-4/h5-7,12H,1-4H3. The molecule has 1 rings (SSSR count). The number of aryl methyl sites for hydroxylation is 1. The van der Waals surface area contributed by atoms with Gasteiger partial charge in [0.2, 0.25) is 0 Å². The molecule has 13 heavy (non-hydrogen) atoms. The van der Waals surface area contributed by atoms with Crippen molar-refractivity contribution >= 4 is 11.8 Å². The Bertz CT molecular complexity index is 299. The maximum atomic E-state index is 9.88. The molecule has 0 aliphatic carbocycles. The summed E-state index contributed by atoms with van der Waals surface area (Å²) in [5, 5.41) is 9.88. The normalized spacial score (nSPS) is 11.8. The van der Waals surface area contributed by atoms with Crippen molar-refractivity contribution in [3.8, 4) is 0 Å². The van der Waals surface area contributed by atoms with E-state index in [9.17, 15) is 5.11 Å².